The van der Waals surface area contributed by atoms with E-state index in [0.717, 1.165) is 12.1 Å². The monoisotopic (exact) mass is 325 g/mol. The molecule has 0 aromatic heterocycles. The fourth-order valence-electron chi connectivity index (χ4n) is 1.80. The van der Waals surface area contributed by atoms with Crippen molar-refractivity contribution < 1.29 is 13.2 Å². The molecule has 1 aromatic rings. The minimum Gasteiger partial charge on any atom is -0.267 e. The van der Waals surface area contributed by atoms with Crippen LogP contribution in [0.25, 0.3) is 0 Å². The number of nitrogens with one attached hydrogen (secondary N) is 1. The van der Waals surface area contributed by atoms with Gasteiger partial charge in [-0.05, 0) is 31.5 Å². The maximum atomic E-state index is 12.4. The smallest absolute Gasteiger partial charge is 0.267 e. The summed E-state index contributed by atoms with van der Waals surface area (Å²) < 4.78 is 26.2. The van der Waals surface area contributed by atoms with Crippen molar-refractivity contribution in [2.24, 2.45) is 5.10 Å². The lowest BCUT2D eigenvalue weighted by atomic mass is 10.2. The maximum absolute atomic E-state index is 12.4. The van der Waals surface area contributed by atoms with Gasteiger partial charge >= 0.3 is 0 Å². The predicted octanol–water partition coefficient (Wildman–Crippen LogP) is 2.23. The van der Waals surface area contributed by atoms with Crippen LogP contribution < -0.4 is 5.43 Å². The second-order valence-corrected chi connectivity index (χ2v) is 6.70. The molecule has 0 heterocycles. The summed E-state index contributed by atoms with van der Waals surface area (Å²) in [6.45, 7) is 8.06. The summed E-state index contributed by atoms with van der Waals surface area (Å²) in [7, 11) is -3.58. The molecule has 0 aliphatic heterocycles. The van der Waals surface area contributed by atoms with Crippen LogP contribution in [0.4, 0.5) is 0 Å². The highest BCUT2D eigenvalue weighted by Gasteiger charge is 2.22. The highest BCUT2D eigenvalue weighted by molar-refractivity contribution is 7.89. The lowest BCUT2D eigenvalue weighted by molar-refractivity contribution is 0.0954. The predicted molar refractivity (Wildman–Crippen MR) is 87.4 cm³/mol. The minimum atomic E-state index is -3.58. The molecule has 0 bridgehead atoms. The van der Waals surface area contributed by atoms with Crippen LogP contribution in [0.5, 0.6) is 0 Å². The number of nitrogens with zero attached hydrogens (tertiary/aromatic N) is 2. The number of hydrogen-bond donors (Lipinski definition) is 1. The van der Waals surface area contributed by atoms with E-state index in [1.165, 1.54) is 16.4 Å². The first-order valence-corrected chi connectivity index (χ1v) is 8.74. The zero-order valence-corrected chi connectivity index (χ0v) is 14.3. The van der Waals surface area contributed by atoms with Crippen LogP contribution in [0.3, 0.4) is 0 Å². The molecule has 22 heavy (non-hydrogen) atoms. The Bertz CT molecular complexity index is 650. The fraction of sp³-hybridized carbons (Fsp3) is 0.467. The molecule has 1 N–H and O–H groups in total. The van der Waals surface area contributed by atoms with E-state index in [-0.39, 0.29) is 10.5 Å². The molecule has 0 saturated heterocycles. The van der Waals surface area contributed by atoms with E-state index in [2.05, 4.69) is 10.5 Å². The van der Waals surface area contributed by atoms with Gasteiger partial charge < -0.3 is 0 Å². The lowest BCUT2D eigenvalue weighted by Crippen LogP contribution is -2.30. The van der Waals surface area contributed by atoms with E-state index in [1.54, 1.807) is 26.0 Å². The largest absolute Gasteiger partial charge is 0.271 e. The average Bonchev–Trinajstić information content (AvgIpc) is 2.53. The normalized spacial score (nSPS) is 12.5. The summed E-state index contributed by atoms with van der Waals surface area (Å²) in [5, 5.41) is 3.94. The molecular formula is C15H23N3O3S. The molecule has 0 unspecified atom stereocenters. The van der Waals surface area contributed by atoms with E-state index in [9.17, 15) is 13.2 Å². The standard InChI is InChI=1S/C15H23N3O3S/c1-5-12(4)16-17-15(19)13-9-8-10-14(11-13)22(20,21)18(6-2)7-3/h8-11H,5-7H2,1-4H3,(H,17,19). The van der Waals surface area contributed by atoms with Gasteiger partial charge in [0.25, 0.3) is 5.91 Å². The van der Waals surface area contributed by atoms with Crippen LogP contribution in [0.2, 0.25) is 0 Å². The zero-order chi connectivity index (χ0) is 16.8. The van der Waals surface area contributed by atoms with Crippen molar-refractivity contribution in [3.8, 4) is 0 Å². The first kappa shape index (κ1) is 18.3. The Morgan fingerprint density at radius 3 is 2.41 bits per heavy atom. The Labute approximate surface area is 132 Å². The number of sulfonamides is 1. The van der Waals surface area contributed by atoms with Gasteiger partial charge in [0.1, 0.15) is 0 Å². The average molecular weight is 325 g/mol. The Balaban J connectivity index is 3.07. The molecule has 0 aliphatic carbocycles. The van der Waals surface area contributed by atoms with Gasteiger partial charge in [0, 0.05) is 24.4 Å². The molecule has 1 amide bonds. The highest BCUT2D eigenvalue weighted by Crippen LogP contribution is 2.16. The quantitative estimate of drug-likeness (QED) is 0.617. The van der Waals surface area contributed by atoms with Crippen molar-refractivity contribution in [3.05, 3.63) is 29.8 Å². The first-order chi connectivity index (χ1) is 10.4. The third kappa shape index (κ3) is 4.38. The Kier molecular flexibility index (Phi) is 6.70. The lowest BCUT2D eigenvalue weighted by Gasteiger charge is -2.18. The number of hydrazone groups is 1. The Morgan fingerprint density at radius 1 is 1.23 bits per heavy atom. The molecule has 0 radical (unpaired) electrons. The number of hydrogen-bond acceptors (Lipinski definition) is 4. The third-order valence-corrected chi connectivity index (χ3v) is 5.35. The number of benzene rings is 1. The van der Waals surface area contributed by atoms with Crippen molar-refractivity contribution in [3.63, 3.8) is 0 Å². The topological polar surface area (TPSA) is 78.8 Å². The van der Waals surface area contributed by atoms with Crippen LogP contribution >= 0.6 is 0 Å². The molecule has 0 saturated carbocycles. The molecular weight excluding hydrogens is 302 g/mol. The summed E-state index contributed by atoms with van der Waals surface area (Å²) in [6, 6.07) is 5.99. The summed E-state index contributed by atoms with van der Waals surface area (Å²) in [4.78, 5) is 12.1. The van der Waals surface area contributed by atoms with Crippen molar-refractivity contribution in [1.82, 2.24) is 9.73 Å². The second-order valence-electron chi connectivity index (χ2n) is 4.76. The van der Waals surface area contributed by atoms with Gasteiger partial charge in [0.15, 0.2) is 0 Å². The van der Waals surface area contributed by atoms with Gasteiger partial charge in [-0.15, -0.1) is 0 Å². The van der Waals surface area contributed by atoms with Crippen molar-refractivity contribution in [2.75, 3.05) is 13.1 Å². The van der Waals surface area contributed by atoms with Crippen LogP contribution in [0.1, 0.15) is 44.5 Å². The Hall–Kier alpha value is -1.73. The molecule has 0 spiro atoms. The SMILES string of the molecule is CCC(C)=NNC(=O)c1cccc(S(=O)(=O)N(CC)CC)c1. The number of carbonyl (C=O) groups is 1. The van der Waals surface area contributed by atoms with Gasteiger partial charge in [-0.25, -0.2) is 13.8 Å². The summed E-state index contributed by atoms with van der Waals surface area (Å²) in [5.41, 5.74) is 3.48. The van der Waals surface area contributed by atoms with Crippen LogP contribution in [-0.2, 0) is 10.0 Å². The maximum Gasteiger partial charge on any atom is 0.271 e. The first-order valence-electron chi connectivity index (χ1n) is 7.30. The van der Waals surface area contributed by atoms with Crippen LogP contribution in [0, 0.1) is 0 Å². The number of carbonyl (C=O) groups excluding carboxylic acids is 1. The van der Waals surface area contributed by atoms with Crippen molar-refractivity contribution in [2.45, 2.75) is 39.0 Å². The number of rotatable bonds is 7. The zero-order valence-electron chi connectivity index (χ0n) is 13.5. The van der Waals surface area contributed by atoms with Crippen molar-refractivity contribution >= 4 is 21.6 Å². The van der Waals surface area contributed by atoms with Gasteiger partial charge in [-0.3, -0.25) is 4.79 Å². The van der Waals surface area contributed by atoms with Crippen LogP contribution in [0.15, 0.2) is 34.3 Å². The van der Waals surface area contributed by atoms with Gasteiger partial charge in [0.05, 0.1) is 4.90 Å². The molecule has 0 aliphatic rings. The van der Waals surface area contributed by atoms with Crippen molar-refractivity contribution in [1.29, 1.82) is 0 Å². The second kappa shape index (κ2) is 8.05. The van der Waals surface area contributed by atoms with E-state index in [0.29, 0.717) is 13.1 Å². The molecule has 1 rings (SSSR count). The van der Waals surface area contributed by atoms with E-state index in [1.807, 2.05) is 13.8 Å². The molecule has 0 fully saturated rings. The third-order valence-electron chi connectivity index (χ3n) is 3.30. The Morgan fingerprint density at radius 2 is 1.86 bits per heavy atom. The molecule has 7 heteroatoms. The van der Waals surface area contributed by atoms with Crippen LogP contribution in [-0.4, -0.2) is 37.4 Å². The van der Waals surface area contributed by atoms with E-state index in [4.69, 9.17) is 0 Å². The van der Waals surface area contributed by atoms with Gasteiger partial charge in [-0.1, -0.05) is 26.8 Å². The summed E-state index contributed by atoms with van der Waals surface area (Å²) in [5.74, 6) is -0.426. The molecule has 0 atom stereocenters. The molecule has 122 valence electrons. The van der Waals surface area contributed by atoms with E-state index < -0.39 is 15.9 Å². The molecule has 1 aromatic carbocycles. The van der Waals surface area contributed by atoms with Gasteiger partial charge in [-0.2, -0.15) is 9.41 Å². The number of amides is 1. The summed E-state index contributed by atoms with van der Waals surface area (Å²) in [6.07, 6.45) is 0.733. The minimum absolute atomic E-state index is 0.111. The van der Waals surface area contributed by atoms with Gasteiger partial charge in [0.2, 0.25) is 10.0 Å². The highest BCUT2D eigenvalue weighted by atomic mass is 32.2. The summed E-state index contributed by atoms with van der Waals surface area (Å²) >= 11 is 0. The fourth-order valence-corrected chi connectivity index (χ4v) is 3.30. The molecule has 6 nitrogen and oxygen atoms in total. The van der Waals surface area contributed by atoms with E-state index >= 15 is 0 Å².